The van der Waals surface area contributed by atoms with Gasteiger partial charge in [-0.15, -0.1) is 11.8 Å². The maximum Gasteiger partial charge on any atom is 0.373 e. The average Bonchev–Trinajstić information content (AvgIpc) is 2.71. The lowest BCUT2D eigenvalue weighted by molar-refractivity contribution is 0.103. The number of rotatable bonds is 10. The molecule has 0 radical (unpaired) electrons. The van der Waals surface area contributed by atoms with Crippen LogP contribution in [0.2, 0.25) is 19.6 Å². The van der Waals surface area contributed by atoms with Crippen LogP contribution in [-0.4, -0.2) is 47.6 Å². The molecule has 1 atom stereocenters. The van der Waals surface area contributed by atoms with Crippen molar-refractivity contribution in [2.75, 3.05) is 34.2 Å². The van der Waals surface area contributed by atoms with Gasteiger partial charge in [0.05, 0.1) is 0 Å². The Morgan fingerprint density at radius 1 is 1.00 bits per heavy atom. The van der Waals surface area contributed by atoms with Crippen LogP contribution in [-0.2, 0) is 31.7 Å². The molecular weight excluding hydrogens is 450 g/mol. The van der Waals surface area contributed by atoms with E-state index >= 15 is 0 Å². The van der Waals surface area contributed by atoms with Gasteiger partial charge in [0.15, 0.2) is 8.32 Å². The summed E-state index contributed by atoms with van der Waals surface area (Å²) in [7, 11) is -5.46. The number of hydrogen-bond donors (Lipinski definition) is 0. The third kappa shape index (κ3) is 4.94. The predicted octanol–water partition coefficient (Wildman–Crippen LogP) is 6.13. The molecule has 29 heavy (non-hydrogen) atoms. The zero-order chi connectivity index (χ0) is 21.9. The maximum absolute atomic E-state index is 13.9. The standard InChI is InChI=1S/C18H32O7P2SSi/c1-21-26(19,22-2)18(25-29(5,6)7,27(20,23-3)24-4)14-15-12-13-28-17-11-9-8-10-16(15)17/h8-11,15H,12-14H2,1-7H3. The molecule has 0 saturated carbocycles. The molecule has 0 amide bonds. The molecule has 0 aromatic heterocycles. The molecule has 1 aromatic rings. The minimum atomic E-state index is -4.06. The van der Waals surface area contributed by atoms with Crippen molar-refractivity contribution >= 4 is 35.3 Å². The second kappa shape index (κ2) is 9.68. The third-order valence-corrected chi connectivity index (χ3v) is 13.0. The highest BCUT2D eigenvalue weighted by Crippen LogP contribution is 2.80. The van der Waals surface area contributed by atoms with E-state index in [0.717, 1.165) is 22.6 Å². The fraction of sp³-hybridized carbons (Fsp3) is 0.667. The molecule has 7 nitrogen and oxygen atoms in total. The molecule has 0 saturated heterocycles. The van der Waals surface area contributed by atoms with Crippen LogP contribution < -0.4 is 0 Å². The van der Waals surface area contributed by atoms with Gasteiger partial charge in [0.25, 0.3) is 5.08 Å². The topological polar surface area (TPSA) is 80.3 Å². The zero-order valence-corrected chi connectivity index (χ0v) is 21.8. The summed E-state index contributed by atoms with van der Waals surface area (Å²) in [6.45, 7) is 5.78. The van der Waals surface area contributed by atoms with E-state index in [9.17, 15) is 9.13 Å². The summed E-state index contributed by atoms with van der Waals surface area (Å²) in [5.41, 5.74) is 1.10. The smallest absolute Gasteiger partial charge is 0.373 e. The van der Waals surface area contributed by atoms with E-state index in [1.807, 2.05) is 37.8 Å². The summed E-state index contributed by atoms with van der Waals surface area (Å²) >= 11 is 1.77. The number of hydrogen-bond acceptors (Lipinski definition) is 8. The highest BCUT2D eigenvalue weighted by atomic mass is 32.2. The number of fused-ring (bicyclic) bond motifs is 1. The van der Waals surface area contributed by atoms with Gasteiger partial charge >= 0.3 is 15.2 Å². The summed E-state index contributed by atoms with van der Waals surface area (Å²) in [5.74, 6) is 0.820. The van der Waals surface area contributed by atoms with E-state index in [4.69, 9.17) is 22.5 Å². The van der Waals surface area contributed by atoms with Crippen LogP contribution in [0.25, 0.3) is 0 Å². The molecule has 0 bridgehead atoms. The lowest BCUT2D eigenvalue weighted by Crippen LogP contribution is -2.45. The minimum Gasteiger partial charge on any atom is -0.393 e. The van der Waals surface area contributed by atoms with Gasteiger partial charge in [-0.2, -0.15) is 0 Å². The lowest BCUT2D eigenvalue weighted by atomic mass is 9.93. The van der Waals surface area contributed by atoms with E-state index in [2.05, 4.69) is 6.07 Å². The molecule has 2 rings (SSSR count). The van der Waals surface area contributed by atoms with Gasteiger partial charge in [0.2, 0.25) is 0 Å². The van der Waals surface area contributed by atoms with Crippen molar-refractivity contribution in [1.29, 1.82) is 0 Å². The first-order valence-corrected chi connectivity index (χ1v) is 16.8. The lowest BCUT2D eigenvalue weighted by Gasteiger charge is -2.45. The van der Waals surface area contributed by atoms with Crippen molar-refractivity contribution in [2.45, 2.75) is 48.4 Å². The molecule has 0 spiro atoms. The van der Waals surface area contributed by atoms with Crippen molar-refractivity contribution in [3.63, 3.8) is 0 Å². The van der Waals surface area contributed by atoms with Crippen molar-refractivity contribution in [1.82, 2.24) is 0 Å². The molecule has 1 unspecified atom stereocenters. The molecule has 0 aliphatic carbocycles. The van der Waals surface area contributed by atoms with Crippen LogP contribution in [0, 0.1) is 0 Å². The third-order valence-electron chi connectivity index (χ3n) is 4.88. The van der Waals surface area contributed by atoms with Gasteiger partial charge in [-0.05, 0) is 49.4 Å². The van der Waals surface area contributed by atoms with Gasteiger partial charge in [-0.3, -0.25) is 9.13 Å². The van der Waals surface area contributed by atoms with Gasteiger partial charge in [0.1, 0.15) is 0 Å². The summed E-state index contributed by atoms with van der Waals surface area (Å²) in [6, 6.07) is 8.06. The average molecular weight is 483 g/mol. The minimum absolute atomic E-state index is 0.0685. The highest BCUT2D eigenvalue weighted by Gasteiger charge is 2.67. The Bertz CT molecular complexity index is 757. The molecule has 1 heterocycles. The fourth-order valence-electron chi connectivity index (χ4n) is 3.69. The van der Waals surface area contributed by atoms with E-state index in [1.165, 1.54) is 28.4 Å². The normalized spacial score (nSPS) is 18.5. The first kappa shape index (κ1) is 25.3. The Kier molecular flexibility index (Phi) is 8.44. The number of benzene rings is 1. The second-order valence-electron chi connectivity index (χ2n) is 7.76. The molecule has 1 aliphatic heterocycles. The SMILES string of the molecule is COP(=O)(OC)C(CC1CCSc2ccccc21)(O[Si](C)(C)C)P(=O)(OC)OC. The quantitative estimate of drug-likeness (QED) is 0.291. The van der Waals surface area contributed by atoms with Crippen molar-refractivity contribution in [2.24, 2.45) is 0 Å². The summed E-state index contributed by atoms with van der Waals surface area (Å²) in [5, 5.41) is -1.88. The molecule has 1 aliphatic rings. The van der Waals surface area contributed by atoms with Crippen molar-refractivity contribution in [3.8, 4) is 0 Å². The first-order chi connectivity index (χ1) is 13.5. The van der Waals surface area contributed by atoms with Crippen LogP contribution in [0.3, 0.4) is 0 Å². The van der Waals surface area contributed by atoms with E-state index in [1.54, 1.807) is 11.8 Å². The van der Waals surface area contributed by atoms with Gasteiger partial charge in [-0.1, -0.05) is 18.2 Å². The Morgan fingerprint density at radius 3 is 2.00 bits per heavy atom. The second-order valence-corrected chi connectivity index (χ2v) is 18.6. The summed E-state index contributed by atoms with van der Waals surface area (Å²) < 4.78 is 55.8. The van der Waals surface area contributed by atoms with Gasteiger partial charge in [0, 0.05) is 39.8 Å². The molecule has 11 heteroatoms. The molecule has 1 aromatic carbocycles. The summed E-state index contributed by atoms with van der Waals surface area (Å²) in [4.78, 5) is 1.15. The Hall–Kier alpha value is 0.0469. The Morgan fingerprint density at radius 2 is 1.52 bits per heavy atom. The molecular formula is C18H32O7P2SSi. The van der Waals surface area contributed by atoms with E-state index < -0.39 is 28.6 Å². The number of thioether (sulfide) groups is 1. The van der Waals surface area contributed by atoms with Gasteiger partial charge < -0.3 is 22.5 Å². The van der Waals surface area contributed by atoms with Crippen LogP contribution in [0.1, 0.15) is 24.3 Å². The predicted molar refractivity (Wildman–Crippen MR) is 120 cm³/mol. The van der Waals surface area contributed by atoms with E-state index in [-0.39, 0.29) is 12.3 Å². The highest BCUT2D eigenvalue weighted by molar-refractivity contribution is 7.99. The monoisotopic (exact) mass is 482 g/mol. The Balaban J connectivity index is 2.72. The maximum atomic E-state index is 13.9. The van der Waals surface area contributed by atoms with Crippen LogP contribution >= 0.6 is 27.0 Å². The molecule has 0 fully saturated rings. The van der Waals surface area contributed by atoms with Crippen LogP contribution in [0.5, 0.6) is 0 Å². The largest absolute Gasteiger partial charge is 0.393 e. The Labute approximate surface area is 179 Å². The van der Waals surface area contributed by atoms with E-state index in [0.29, 0.717) is 0 Å². The summed E-state index contributed by atoms with van der Waals surface area (Å²) in [6.07, 6.45) is 0.937. The zero-order valence-electron chi connectivity index (χ0n) is 18.2. The van der Waals surface area contributed by atoms with Crippen LogP contribution in [0.15, 0.2) is 29.2 Å². The van der Waals surface area contributed by atoms with Crippen molar-refractivity contribution < 1.29 is 31.7 Å². The first-order valence-electron chi connectivity index (χ1n) is 9.36. The molecule has 0 N–H and O–H groups in total. The van der Waals surface area contributed by atoms with Crippen LogP contribution in [0.4, 0.5) is 0 Å². The van der Waals surface area contributed by atoms with Gasteiger partial charge in [-0.25, -0.2) is 0 Å². The molecule has 166 valence electrons. The van der Waals surface area contributed by atoms with Crippen molar-refractivity contribution in [3.05, 3.63) is 29.8 Å². The fourth-order valence-corrected chi connectivity index (χ4v) is 13.0.